The third-order valence-electron chi connectivity index (χ3n) is 3.04. The molecule has 0 aliphatic carbocycles. The number of rotatable bonds is 7. The molecular formula is C18H17FO4S. The van der Waals surface area contributed by atoms with Crippen LogP contribution in [0.2, 0.25) is 0 Å². The quantitative estimate of drug-likeness (QED) is 0.356. The molecule has 126 valence electrons. The monoisotopic (exact) mass is 348 g/mol. The van der Waals surface area contributed by atoms with Gasteiger partial charge in [0.15, 0.2) is 11.5 Å². The molecule has 2 aromatic carbocycles. The molecule has 0 radical (unpaired) electrons. The van der Waals surface area contributed by atoms with Gasteiger partial charge in [0, 0.05) is 16.7 Å². The lowest BCUT2D eigenvalue weighted by molar-refractivity contribution is -0.137. The van der Waals surface area contributed by atoms with Crippen LogP contribution in [0.25, 0.3) is 6.08 Å². The zero-order valence-electron chi connectivity index (χ0n) is 13.1. The van der Waals surface area contributed by atoms with E-state index in [2.05, 4.69) is 0 Å². The molecule has 0 saturated carbocycles. The smallest absolute Gasteiger partial charge is 0.330 e. The molecule has 0 aliphatic heterocycles. The predicted molar refractivity (Wildman–Crippen MR) is 91.8 cm³/mol. The van der Waals surface area contributed by atoms with Crippen molar-refractivity contribution in [3.8, 4) is 11.5 Å². The lowest BCUT2D eigenvalue weighted by atomic mass is 10.2. The summed E-state index contributed by atoms with van der Waals surface area (Å²) < 4.78 is 23.5. The van der Waals surface area contributed by atoms with Crippen LogP contribution >= 0.6 is 11.8 Å². The molecule has 2 rings (SSSR count). The highest BCUT2D eigenvalue weighted by Crippen LogP contribution is 2.26. The Morgan fingerprint density at radius 2 is 2.08 bits per heavy atom. The Bertz CT molecular complexity index is 731. The fourth-order valence-electron chi connectivity index (χ4n) is 1.87. The van der Waals surface area contributed by atoms with E-state index in [4.69, 9.17) is 9.47 Å². The summed E-state index contributed by atoms with van der Waals surface area (Å²) in [7, 11) is 1.45. The topological polar surface area (TPSA) is 55.8 Å². The molecule has 6 heteroatoms. The molecule has 2 aromatic rings. The largest absolute Gasteiger partial charge is 0.504 e. The number of carbonyl (C=O) groups is 1. The second-order valence-electron chi connectivity index (χ2n) is 4.71. The highest BCUT2D eigenvalue weighted by atomic mass is 32.2. The molecule has 0 aromatic heterocycles. The van der Waals surface area contributed by atoms with E-state index in [9.17, 15) is 14.3 Å². The first kappa shape index (κ1) is 17.9. The van der Waals surface area contributed by atoms with Gasteiger partial charge in [-0.15, -0.1) is 11.8 Å². The first-order valence-corrected chi connectivity index (χ1v) is 8.18. The van der Waals surface area contributed by atoms with E-state index in [1.165, 1.54) is 37.1 Å². The van der Waals surface area contributed by atoms with E-state index < -0.39 is 5.97 Å². The fourth-order valence-corrected chi connectivity index (χ4v) is 2.63. The number of hydrogen-bond acceptors (Lipinski definition) is 5. The van der Waals surface area contributed by atoms with Crippen LogP contribution in [-0.4, -0.2) is 30.5 Å². The van der Waals surface area contributed by atoms with Gasteiger partial charge in [0.25, 0.3) is 0 Å². The number of aromatic hydroxyl groups is 1. The first-order chi connectivity index (χ1) is 11.6. The van der Waals surface area contributed by atoms with Gasteiger partial charge in [-0.2, -0.15) is 0 Å². The molecule has 24 heavy (non-hydrogen) atoms. The number of esters is 1. The molecule has 1 N–H and O–H groups in total. The van der Waals surface area contributed by atoms with Crippen molar-refractivity contribution in [1.29, 1.82) is 0 Å². The summed E-state index contributed by atoms with van der Waals surface area (Å²) in [6.45, 7) is 0.182. The summed E-state index contributed by atoms with van der Waals surface area (Å²) in [5.41, 5.74) is 0.697. The molecule has 0 saturated heterocycles. The van der Waals surface area contributed by atoms with Crippen molar-refractivity contribution in [2.24, 2.45) is 0 Å². The van der Waals surface area contributed by atoms with E-state index in [0.29, 0.717) is 22.0 Å². The minimum Gasteiger partial charge on any atom is -0.504 e. The standard InChI is InChI=1S/C18H17FO4S/c1-22-16-12-13(6-8-15(16)20)7-9-18(21)23-10-11-24-17-5-3-2-4-14(17)19/h2-9,12,20H,10-11H2,1H3/b9-7+. The van der Waals surface area contributed by atoms with Gasteiger partial charge < -0.3 is 14.6 Å². The van der Waals surface area contributed by atoms with Gasteiger partial charge in [0.05, 0.1) is 7.11 Å². The van der Waals surface area contributed by atoms with Crippen LogP contribution in [0.5, 0.6) is 11.5 Å². The van der Waals surface area contributed by atoms with Crippen molar-refractivity contribution in [2.45, 2.75) is 4.90 Å². The molecule has 0 fully saturated rings. The Balaban J connectivity index is 1.78. The maximum absolute atomic E-state index is 13.4. The van der Waals surface area contributed by atoms with Crippen LogP contribution in [0.3, 0.4) is 0 Å². The van der Waals surface area contributed by atoms with E-state index in [-0.39, 0.29) is 18.2 Å². The summed E-state index contributed by atoms with van der Waals surface area (Å²) in [6, 6.07) is 11.2. The number of thioether (sulfide) groups is 1. The Morgan fingerprint density at radius 3 is 2.83 bits per heavy atom. The van der Waals surface area contributed by atoms with Gasteiger partial charge in [-0.3, -0.25) is 0 Å². The van der Waals surface area contributed by atoms with Crippen LogP contribution in [0.4, 0.5) is 4.39 Å². The van der Waals surface area contributed by atoms with Crippen molar-refractivity contribution in [1.82, 2.24) is 0 Å². The third-order valence-corrected chi connectivity index (χ3v) is 4.05. The lowest BCUT2D eigenvalue weighted by Gasteiger charge is -2.04. The summed E-state index contributed by atoms with van der Waals surface area (Å²) in [4.78, 5) is 12.2. The number of benzene rings is 2. The van der Waals surface area contributed by atoms with Crippen molar-refractivity contribution < 1.29 is 23.8 Å². The SMILES string of the molecule is COc1cc(/C=C/C(=O)OCCSc2ccccc2F)ccc1O. The predicted octanol–water partition coefficient (Wildman–Crippen LogP) is 3.89. The first-order valence-electron chi connectivity index (χ1n) is 7.19. The van der Waals surface area contributed by atoms with Crippen molar-refractivity contribution in [3.05, 3.63) is 59.9 Å². The van der Waals surface area contributed by atoms with Crippen molar-refractivity contribution >= 4 is 23.8 Å². The lowest BCUT2D eigenvalue weighted by Crippen LogP contribution is -2.04. The average molecular weight is 348 g/mol. The Kier molecular flexibility index (Phi) is 6.69. The van der Waals surface area contributed by atoms with E-state index in [1.54, 1.807) is 36.4 Å². The van der Waals surface area contributed by atoms with Gasteiger partial charge in [-0.1, -0.05) is 18.2 Å². The molecule has 0 unspecified atom stereocenters. The van der Waals surface area contributed by atoms with Crippen LogP contribution in [0.15, 0.2) is 53.4 Å². The van der Waals surface area contributed by atoms with Gasteiger partial charge in [0.2, 0.25) is 0 Å². The van der Waals surface area contributed by atoms with Crippen LogP contribution in [0.1, 0.15) is 5.56 Å². The zero-order valence-corrected chi connectivity index (χ0v) is 13.9. The highest BCUT2D eigenvalue weighted by Gasteiger charge is 2.03. The average Bonchev–Trinajstić information content (AvgIpc) is 2.59. The Morgan fingerprint density at radius 1 is 1.29 bits per heavy atom. The number of methoxy groups -OCH3 is 1. The second kappa shape index (κ2) is 8.98. The number of halogens is 1. The van der Waals surface area contributed by atoms with Gasteiger partial charge in [-0.05, 0) is 35.9 Å². The summed E-state index contributed by atoms with van der Waals surface area (Å²) in [5, 5.41) is 9.50. The van der Waals surface area contributed by atoms with Crippen molar-refractivity contribution in [3.63, 3.8) is 0 Å². The second-order valence-corrected chi connectivity index (χ2v) is 5.85. The number of ether oxygens (including phenoxy) is 2. The fraction of sp³-hybridized carbons (Fsp3) is 0.167. The zero-order chi connectivity index (χ0) is 17.4. The molecular weight excluding hydrogens is 331 g/mol. The van der Waals surface area contributed by atoms with Crippen molar-refractivity contribution in [2.75, 3.05) is 19.5 Å². The number of hydrogen-bond donors (Lipinski definition) is 1. The summed E-state index contributed by atoms with van der Waals surface area (Å²) in [6.07, 6.45) is 2.86. The molecule has 4 nitrogen and oxygen atoms in total. The van der Waals surface area contributed by atoms with Gasteiger partial charge >= 0.3 is 5.97 Å². The minimum absolute atomic E-state index is 0.0300. The van der Waals surface area contributed by atoms with E-state index >= 15 is 0 Å². The Labute approximate surface area is 143 Å². The molecule has 0 atom stereocenters. The molecule has 0 amide bonds. The van der Waals surface area contributed by atoms with Crippen LogP contribution in [0, 0.1) is 5.82 Å². The third kappa shape index (κ3) is 5.31. The summed E-state index contributed by atoms with van der Waals surface area (Å²) >= 11 is 1.29. The van der Waals surface area contributed by atoms with Gasteiger partial charge in [0.1, 0.15) is 12.4 Å². The summed E-state index contributed by atoms with van der Waals surface area (Å²) in [5.74, 6) is 0.0495. The van der Waals surface area contributed by atoms with E-state index in [0.717, 1.165) is 0 Å². The van der Waals surface area contributed by atoms with Crippen LogP contribution in [-0.2, 0) is 9.53 Å². The highest BCUT2D eigenvalue weighted by molar-refractivity contribution is 7.99. The number of carbonyl (C=O) groups excluding carboxylic acids is 1. The van der Waals surface area contributed by atoms with E-state index in [1.807, 2.05) is 0 Å². The molecule has 0 heterocycles. The maximum Gasteiger partial charge on any atom is 0.330 e. The normalized spacial score (nSPS) is 10.8. The maximum atomic E-state index is 13.4. The van der Waals surface area contributed by atoms with Crippen LogP contribution < -0.4 is 4.74 Å². The number of phenolic OH excluding ortho intramolecular Hbond substituents is 1. The Hall–Kier alpha value is -2.47. The number of phenols is 1. The molecule has 0 bridgehead atoms. The minimum atomic E-state index is -0.490. The van der Waals surface area contributed by atoms with Gasteiger partial charge in [-0.25, -0.2) is 9.18 Å². The molecule has 0 spiro atoms. The molecule has 0 aliphatic rings.